The molecular weight excluding hydrogens is 146 g/mol. The van der Waals surface area contributed by atoms with Gasteiger partial charge in [-0.3, -0.25) is 0 Å². The zero-order valence-electron chi connectivity index (χ0n) is 6.65. The summed E-state index contributed by atoms with van der Waals surface area (Å²) in [4.78, 5) is 0. The van der Waals surface area contributed by atoms with E-state index in [-0.39, 0.29) is 12.3 Å². The van der Waals surface area contributed by atoms with Crippen LogP contribution in [0.1, 0.15) is 32.1 Å². The summed E-state index contributed by atoms with van der Waals surface area (Å²) in [5.74, 6) is -2.76. The summed E-state index contributed by atoms with van der Waals surface area (Å²) >= 11 is 0. The molecule has 0 spiro atoms. The minimum atomic E-state index is -2.39. The molecule has 11 heavy (non-hydrogen) atoms. The van der Waals surface area contributed by atoms with Gasteiger partial charge in [0.2, 0.25) is 0 Å². The Balaban J connectivity index is 2.38. The van der Waals surface area contributed by atoms with E-state index >= 15 is 0 Å². The summed E-state index contributed by atoms with van der Waals surface area (Å²) in [6.07, 6.45) is 4.52. The number of allylic oxidation sites excluding steroid dienone is 1. The molecule has 0 radical (unpaired) electrons. The molecule has 1 atom stereocenters. The predicted octanol–water partition coefficient (Wildman–Crippen LogP) is 3.39. The predicted molar refractivity (Wildman–Crippen MR) is 41.7 cm³/mol. The van der Waals surface area contributed by atoms with Crippen LogP contribution in [-0.4, -0.2) is 5.92 Å². The van der Waals surface area contributed by atoms with Gasteiger partial charge in [-0.15, -0.1) is 6.58 Å². The van der Waals surface area contributed by atoms with Crippen LogP contribution in [0.5, 0.6) is 0 Å². The third-order valence-corrected chi connectivity index (χ3v) is 2.38. The maximum absolute atomic E-state index is 12.9. The van der Waals surface area contributed by atoms with E-state index in [9.17, 15) is 8.78 Å². The zero-order valence-corrected chi connectivity index (χ0v) is 6.65. The molecule has 0 amide bonds. The molecule has 1 fully saturated rings. The molecule has 0 bridgehead atoms. The first kappa shape index (κ1) is 8.69. The van der Waals surface area contributed by atoms with Crippen LogP contribution in [0.4, 0.5) is 8.78 Å². The highest BCUT2D eigenvalue weighted by Crippen LogP contribution is 2.42. The average molecular weight is 160 g/mol. The Morgan fingerprint density at radius 3 is 2.73 bits per heavy atom. The van der Waals surface area contributed by atoms with E-state index < -0.39 is 5.92 Å². The fourth-order valence-corrected chi connectivity index (χ4v) is 1.67. The minimum Gasteiger partial charge on any atom is -0.207 e. The number of halogens is 2. The lowest BCUT2D eigenvalue weighted by Gasteiger charge is -2.17. The molecule has 0 nitrogen and oxygen atoms in total. The molecule has 1 unspecified atom stereocenters. The van der Waals surface area contributed by atoms with Gasteiger partial charge in [0.1, 0.15) is 0 Å². The van der Waals surface area contributed by atoms with Gasteiger partial charge < -0.3 is 0 Å². The van der Waals surface area contributed by atoms with Crippen LogP contribution in [-0.2, 0) is 0 Å². The largest absolute Gasteiger partial charge is 0.250 e. The Hall–Kier alpha value is -0.400. The van der Waals surface area contributed by atoms with Gasteiger partial charge in [-0.2, -0.15) is 0 Å². The first-order chi connectivity index (χ1) is 5.17. The van der Waals surface area contributed by atoms with Crippen molar-refractivity contribution in [1.29, 1.82) is 0 Å². The number of alkyl halides is 2. The van der Waals surface area contributed by atoms with Crippen LogP contribution in [0.15, 0.2) is 12.7 Å². The van der Waals surface area contributed by atoms with Gasteiger partial charge in [-0.25, -0.2) is 8.78 Å². The van der Waals surface area contributed by atoms with Crippen molar-refractivity contribution in [3.05, 3.63) is 12.7 Å². The van der Waals surface area contributed by atoms with Gasteiger partial charge in [-0.05, 0) is 25.7 Å². The Morgan fingerprint density at radius 2 is 2.27 bits per heavy atom. The van der Waals surface area contributed by atoms with Crippen molar-refractivity contribution < 1.29 is 8.78 Å². The van der Waals surface area contributed by atoms with E-state index in [0.717, 1.165) is 6.42 Å². The number of hydrogen-bond donors (Lipinski definition) is 0. The topological polar surface area (TPSA) is 0 Å². The third kappa shape index (κ3) is 2.01. The van der Waals surface area contributed by atoms with Gasteiger partial charge in [0.15, 0.2) is 0 Å². The second kappa shape index (κ2) is 3.33. The van der Waals surface area contributed by atoms with E-state index in [1.54, 1.807) is 6.08 Å². The van der Waals surface area contributed by atoms with Crippen molar-refractivity contribution in [2.45, 2.75) is 38.0 Å². The number of hydrogen-bond acceptors (Lipinski definition) is 0. The molecular formula is C9H14F2. The lowest BCUT2D eigenvalue weighted by molar-refractivity contribution is -0.0389. The molecule has 2 heteroatoms. The standard InChI is InChI=1S/C9H14F2/c1-2-3-5-8-6-4-7-9(8,10)11/h2,8H,1,3-7H2. The van der Waals surface area contributed by atoms with Crippen LogP contribution in [0, 0.1) is 5.92 Å². The van der Waals surface area contributed by atoms with Gasteiger partial charge >= 0.3 is 0 Å². The molecule has 1 aliphatic carbocycles. The Bertz CT molecular complexity index is 140. The normalized spacial score (nSPS) is 28.7. The second-order valence-corrected chi connectivity index (χ2v) is 3.22. The van der Waals surface area contributed by atoms with Crippen molar-refractivity contribution in [2.75, 3.05) is 0 Å². The first-order valence-electron chi connectivity index (χ1n) is 4.15. The van der Waals surface area contributed by atoms with Crippen LogP contribution < -0.4 is 0 Å². The van der Waals surface area contributed by atoms with Crippen LogP contribution in [0.3, 0.4) is 0 Å². The van der Waals surface area contributed by atoms with Crippen molar-refractivity contribution in [1.82, 2.24) is 0 Å². The van der Waals surface area contributed by atoms with Gasteiger partial charge in [0.05, 0.1) is 0 Å². The fraction of sp³-hybridized carbons (Fsp3) is 0.778. The Morgan fingerprint density at radius 1 is 1.55 bits per heavy atom. The summed E-state index contributed by atoms with van der Waals surface area (Å²) in [6.45, 7) is 3.52. The van der Waals surface area contributed by atoms with E-state index in [1.807, 2.05) is 0 Å². The summed E-state index contributed by atoms with van der Waals surface area (Å²) in [7, 11) is 0. The molecule has 64 valence electrons. The lowest BCUT2D eigenvalue weighted by Crippen LogP contribution is -2.21. The molecule has 0 aromatic heterocycles. The summed E-state index contributed by atoms with van der Waals surface area (Å²) in [6, 6.07) is 0. The molecule has 1 aliphatic rings. The van der Waals surface area contributed by atoms with Gasteiger partial charge in [0, 0.05) is 12.3 Å². The molecule has 0 heterocycles. The van der Waals surface area contributed by atoms with E-state index in [4.69, 9.17) is 0 Å². The Labute approximate surface area is 66.3 Å². The SMILES string of the molecule is C=CCCC1CCCC1(F)F. The average Bonchev–Trinajstić information content (AvgIpc) is 2.25. The fourth-order valence-electron chi connectivity index (χ4n) is 1.67. The maximum Gasteiger partial charge on any atom is 0.250 e. The molecule has 0 aromatic carbocycles. The first-order valence-corrected chi connectivity index (χ1v) is 4.15. The summed E-state index contributed by atoms with van der Waals surface area (Å²) < 4.78 is 25.8. The third-order valence-electron chi connectivity index (χ3n) is 2.38. The highest BCUT2D eigenvalue weighted by molar-refractivity contribution is 4.85. The maximum atomic E-state index is 12.9. The second-order valence-electron chi connectivity index (χ2n) is 3.22. The van der Waals surface area contributed by atoms with Gasteiger partial charge in [0.25, 0.3) is 5.92 Å². The molecule has 0 aromatic rings. The molecule has 0 saturated heterocycles. The lowest BCUT2D eigenvalue weighted by atomic mass is 9.99. The monoisotopic (exact) mass is 160 g/mol. The Kier molecular flexibility index (Phi) is 2.63. The highest BCUT2D eigenvalue weighted by atomic mass is 19.3. The summed E-state index contributed by atoms with van der Waals surface area (Å²) in [5, 5.41) is 0. The van der Waals surface area contributed by atoms with Crippen LogP contribution in [0.2, 0.25) is 0 Å². The quantitative estimate of drug-likeness (QED) is 0.555. The zero-order chi connectivity index (χ0) is 8.32. The van der Waals surface area contributed by atoms with E-state index in [2.05, 4.69) is 6.58 Å². The smallest absolute Gasteiger partial charge is 0.207 e. The molecule has 1 rings (SSSR count). The van der Waals surface area contributed by atoms with Gasteiger partial charge in [-0.1, -0.05) is 6.08 Å². The minimum absolute atomic E-state index is 0.0921. The van der Waals surface area contributed by atoms with E-state index in [1.165, 1.54) is 0 Å². The van der Waals surface area contributed by atoms with Crippen molar-refractivity contribution in [2.24, 2.45) is 5.92 Å². The van der Waals surface area contributed by atoms with Crippen LogP contribution in [0.25, 0.3) is 0 Å². The van der Waals surface area contributed by atoms with Crippen LogP contribution >= 0.6 is 0 Å². The van der Waals surface area contributed by atoms with Crippen molar-refractivity contribution in [3.8, 4) is 0 Å². The highest BCUT2D eigenvalue weighted by Gasteiger charge is 2.42. The van der Waals surface area contributed by atoms with E-state index in [0.29, 0.717) is 19.3 Å². The molecule has 1 saturated carbocycles. The number of rotatable bonds is 3. The van der Waals surface area contributed by atoms with Crippen molar-refractivity contribution >= 4 is 0 Å². The van der Waals surface area contributed by atoms with Crippen molar-refractivity contribution in [3.63, 3.8) is 0 Å². The molecule has 0 aliphatic heterocycles. The summed E-state index contributed by atoms with van der Waals surface area (Å²) in [5.41, 5.74) is 0. The molecule has 0 N–H and O–H groups in total.